The van der Waals surface area contributed by atoms with Gasteiger partial charge in [0.05, 0.1) is 4.92 Å². The van der Waals surface area contributed by atoms with Gasteiger partial charge < -0.3 is 15.6 Å². The third-order valence-corrected chi connectivity index (χ3v) is 2.54. The first-order valence-corrected chi connectivity index (χ1v) is 5.66. The fourth-order valence-electron chi connectivity index (χ4n) is 1.63. The summed E-state index contributed by atoms with van der Waals surface area (Å²) in [5.74, 6) is -0.139. The van der Waals surface area contributed by atoms with Crippen LogP contribution in [0.3, 0.4) is 0 Å². The van der Waals surface area contributed by atoms with Gasteiger partial charge >= 0.3 is 5.69 Å². The molecule has 3 N–H and O–H groups in total. The van der Waals surface area contributed by atoms with E-state index in [1.54, 1.807) is 0 Å². The van der Waals surface area contributed by atoms with Crippen LogP contribution in [0.4, 0.5) is 11.4 Å². The van der Waals surface area contributed by atoms with Crippen molar-refractivity contribution in [2.75, 3.05) is 12.3 Å². The van der Waals surface area contributed by atoms with E-state index in [1.807, 2.05) is 0 Å². The van der Waals surface area contributed by atoms with Gasteiger partial charge in [-0.15, -0.1) is 0 Å². The summed E-state index contributed by atoms with van der Waals surface area (Å²) in [5.41, 5.74) is 4.98. The molecule has 20 heavy (non-hydrogen) atoms. The predicted octanol–water partition coefficient (Wildman–Crippen LogP) is 0.532. The van der Waals surface area contributed by atoms with Gasteiger partial charge in [-0.2, -0.15) is 4.98 Å². The highest BCUT2D eigenvalue weighted by Gasteiger charge is 2.22. The number of nitrogens with two attached hydrogens (primary N) is 1. The van der Waals surface area contributed by atoms with Crippen molar-refractivity contribution in [2.45, 2.75) is 6.42 Å². The number of nitrogens with zero attached hydrogens (tertiary/aromatic N) is 3. The molecule has 0 unspecified atom stereocenters. The molecule has 0 fully saturated rings. The molecule has 0 bridgehead atoms. The first-order chi connectivity index (χ1) is 9.59. The molecule has 0 aliphatic carbocycles. The van der Waals surface area contributed by atoms with Crippen molar-refractivity contribution in [1.82, 2.24) is 15.5 Å². The van der Waals surface area contributed by atoms with Gasteiger partial charge in [0.2, 0.25) is 6.39 Å². The van der Waals surface area contributed by atoms with Crippen molar-refractivity contribution in [3.05, 3.63) is 46.1 Å². The predicted molar refractivity (Wildman–Crippen MR) is 67.8 cm³/mol. The lowest BCUT2D eigenvalue weighted by atomic mass is 10.1. The van der Waals surface area contributed by atoms with Crippen molar-refractivity contribution < 1.29 is 14.2 Å². The van der Waals surface area contributed by atoms with E-state index in [1.165, 1.54) is 24.6 Å². The molecule has 2 aromatic rings. The molecule has 2 rings (SSSR count). The summed E-state index contributed by atoms with van der Waals surface area (Å²) in [4.78, 5) is 25.9. The Morgan fingerprint density at radius 1 is 1.50 bits per heavy atom. The monoisotopic (exact) mass is 277 g/mol. The number of nitro groups is 1. The van der Waals surface area contributed by atoms with Crippen LogP contribution < -0.4 is 11.1 Å². The zero-order chi connectivity index (χ0) is 14.5. The number of aromatic nitrogens is 2. The fourth-order valence-corrected chi connectivity index (χ4v) is 1.63. The lowest BCUT2D eigenvalue weighted by molar-refractivity contribution is -0.384. The molecule has 0 radical (unpaired) electrons. The van der Waals surface area contributed by atoms with Crippen molar-refractivity contribution in [1.29, 1.82) is 0 Å². The zero-order valence-electron chi connectivity index (χ0n) is 10.3. The maximum absolute atomic E-state index is 11.9. The molecule has 0 spiro atoms. The smallest absolute Gasteiger partial charge is 0.304 e. The minimum Gasteiger partial charge on any atom is -0.393 e. The van der Waals surface area contributed by atoms with Crippen molar-refractivity contribution >= 4 is 17.3 Å². The van der Waals surface area contributed by atoms with E-state index in [4.69, 9.17) is 5.73 Å². The molecule has 0 saturated carbocycles. The second-order valence-electron chi connectivity index (χ2n) is 3.85. The SMILES string of the molecule is Nc1cccc(C(=O)NCCc2ncon2)c1[N+](=O)[O-]. The molecule has 0 saturated heterocycles. The Balaban J connectivity index is 2.06. The second-order valence-corrected chi connectivity index (χ2v) is 3.85. The Labute approximate surface area is 112 Å². The van der Waals surface area contributed by atoms with E-state index in [0.29, 0.717) is 12.2 Å². The van der Waals surface area contributed by atoms with Crippen molar-refractivity contribution in [3.8, 4) is 0 Å². The number of nitrogens with one attached hydrogen (secondary N) is 1. The first-order valence-electron chi connectivity index (χ1n) is 5.66. The average Bonchev–Trinajstić information content (AvgIpc) is 2.91. The number of nitro benzene ring substituents is 1. The van der Waals surface area contributed by atoms with Crippen LogP contribution in [0.1, 0.15) is 16.2 Å². The number of carbonyl (C=O) groups is 1. The summed E-state index contributed by atoms with van der Waals surface area (Å²) in [6.45, 7) is 0.227. The van der Waals surface area contributed by atoms with Crippen molar-refractivity contribution in [2.24, 2.45) is 0 Å². The van der Waals surface area contributed by atoms with Crippen LogP contribution in [0.2, 0.25) is 0 Å². The second kappa shape index (κ2) is 5.78. The number of nitrogen functional groups attached to an aromatic ring is 1. The number of hydrogen-bond donors (Lipinski definition) is 2. The largest absolute Gasteiger partial charge is 0.393 e. The highest BCUT2D eigenvalue weighted by Crippen LogP contribution is 2.25. The third-order valence-electron chi connectivity index (χ3n) is 2.54. The highest BCUT2D eigenvalue weighted by molar-refractivity contribution is 6.00. The lowest BCUT2D eigenvalue weighted by Crippen LogP contribution is -2.26. The summed E-state index contributed by atoms with van der Waals surface area (Å²) in [5, 5.41) is 17.0. The van der Waals surface area contributed by atoms with E-state index in [-0.39, 0.29) is 17.8 Å². The van der Waals surface area contributed by atoms with E-state index in [0.717, 1.165) is 0 Å². The van der Waals surface area contributed by atoms with Crippen LogP contribution in [0.5, 0.6) is 0 Å². The van der Waals surface area contributed by atoms with Gasteiger partial charge in [-0.05, 0) is 12.1 Å². The molecule has 1 aromatic carbocycles. The van der Waals surface area contributed by atoms with E-state index >= 15 is 0 Å². The van der Waals surface area contributed by atoms with E-state index < -0.39 is 16.5 Å². The molecule has 1 aromatic heterocycles. The standard InChI is InChI=1S/C11H11N5O4/c12-8-3-1-2-7(10(8)16(18)19)11(17)13-5-4-9-14-6-20-15-9/h1-3,6H,4-5,12H2,(H,13,17). The minimum atomic E-state index is -0.677. The Kier molecular flexibility index (Phi) is 3.89. The lowest BCUT2D eigenvalue weighted by Gasteiger charge is -2.05. The van der Waals surface area contributed by atoms with Crippen LogP contribution in [-0.4, -0.2) is 27.5 Å². The van der Waals surface area contributed by atoms with Gasteiger partial charge in [-0.3, -0.25) is 14.9 Å². The van der Waals surface area contributed by atoms with Gasteiger partial charge in [0.1, 0.15) is 11.3 Å². The Bertz CT molecular complexity index is 626. The summed E-state index contributed by atoms with van der Waals surface area (Å²) in [6.07, 6.45) is 1.54. The third kappa shape index (κ3) is 2.88. The van der Waals surface area contributed by atoms with Crippen LogP contribution in [0, 0.1) is 10.1 Å². The quantitative estimate of drug-likeness (QED) is 0.462. The topological polar surface area (TPSA) is 137 Å². The maximum Gasteiger partial charge on any atom is 0.304 e. The zero-order valence-corrected chi connectivity index (χ0v) is 10.3. The molecule has 0 atom stereocenters. The summed E-state index contributed by atoms with van der Waals surface area (Å²) in [6, 6.07) is 4.20. The number of amides is 1. The maximum atomic E-state index is 11.9. The molecule has 9 heteroatoms. The van der Waals surface area contributed by atoms with E-state index in [2.05, 4.69) is 20.0 Å². The van der Waals surface area contributed by atoms with Gasteiger partial charge in [0, 0.05) is 13.0 Å². The Morgan fingerprint density at radius 2 is 2.30 bits per heavy atom. The van der Waals surface area contributed by atoms with E-state index in [9.17, 15) is 14.9 Å². The normalized spacial score (nSPS) is 10.2. The average molecular weight is 277 g/mol. The number of hydrogen-bond acceptors (Lipinski definition) is 7. The molecule has 0 aliphatic heterocycles. The van der Waals surface area contributed by atoms with Crippen LogP contribution >= 0.6 is 0 Å². The summed E-state index contributed by atoms with van der Waals surface area (Å²) in [7, 11) is 0. The molecular formula is C11H11N5O4. The number of para-hydroxylation sites is 1. The van der Waals surface area contributed by atoms with Crippen LogP contribution in [0.25, 0.3) is 0 Å². The molecule has 104 valence electrons. The molecule has 1 heterocycles. The van der Waals surface area contributed by atoms with Gasteiger partial charge in [0.15, 0.2) is 5.82 Å². The molecule has 9 nitrogen and oxygen atoms in total. The Morgan fingerprint density at radius 3 is 2.95 bits per heavy atom. The van der Waals surface area contributed by atoms with Crippen molar-refractivity contribution in [3.63, 3.8) is 0 Å². The molecule has 0 aliphatic rings. The van der Waals surface area contributed by atoms with Crippen LogP contribution in [0.15, 0.2) is 29.1 Å². The number of carbonyl (C=O) groups excluding carboxylic acids is 1. The summed E-state index contributed by atoms with van der Waals surface area (Å²) < 4.78 is 4.54. The fraction of sp³-hybridized carbons (Fsp3) is 0.182. The first kappa shape index (κ1) is 13.5. The highest BCUT2D eigenvalue weighted by atomic mass is 16.6. The van der Waals surface area contributed by atoms with Crippen LogP contribution in [-0.2, 0) is 6.42 Å². The number of benzene rings is 1. The molecular weight excluding hydrogens is 266 g/mol. The van der Waals surface area contributed by atoms with Gasteiger partial charge in [0.25, 0.3) is 5.91 Å². The molecule has 1 amide bonds. The Hall–Kier alpha value is -2.97. The van der Waals surface area contributed by atoms with Gasteiger partial charge in [-0.1, -0.05) is 11.2 Å². The summed E-state index contributed by atoms with van der Waals surface area (Å²) >= 11 is 0. The van der Waals surface area contributed by atoms with Gasteiger partial charge in [-0.25, -0.2) is 0 Å². The minimum absolute atomic E-state index is 0.0548. The number of anilines is 1. The number of rotatable bonds is 5.